The largest absolute Gasteiger partial charge is 0.463 e. The van der Waals surface area contributed by atoms with Gasteiger partial charge in [-0.05, 0) is 43.8 Å². The minimum atomic E-state index is 0.776. The first-order valence-electron chi connectivity index (χ1n) is 7.31. The molecule has 0 radical (unpaired) electrons. The van der Waals surface area contributed by atoms with Crippen molar-refractivity contribution in [3.63, 3.8) is 0 Å². The number of rotatable bonds is 7. The predicted octanol–water partition coefficient (Wildman–Crippen LogP) is 3.98. The Morgan fingerprint density at radius 3 is 2.71 bits per heavy atom. The molecule has 0 fully saturated rings. The van der Waals surface area contributed by atoms with Crippen LogP contribution in [0.5, 0.6) is 0 Å². The van der Waals surface area contributed by atoms with Crippen molar-refractivity contribution in [2.24, 2.45) is 0 Å². The molecule has 1 N–H and O–H groups in total. The number of benzene rings is 1. The molecular formula is C17H23ClN2O. The first kappa shape index (κ1) is 16.1. The highest BCUT2D eigenvalue weighted by molar-refractivity contribution is 6.31. The molecule has 1 aromatic carbocycles. The molecule has 2 aromatic rings. The van der Waals surface area contributed by atoms with Gasteiger partial charge in [0.25, 0.3) is 0 Å². The van der Waals surface area contributed by atoms with Crippen LogP contribution in [0.15, 0.2) is 34.7 Å². The van der Waals surface area contributed by atoms with E-state index in [1.165, 1.54) is 5.56 Å². The summed E-state index contributed by atoms with van der Waals surface area (Å²) in [5.41, 5.74) is 2.34. The quantitative estimate of drug-likeness (QED) is 0.838. The lowest BCUT2D eigenvalue weighted by Crippen LogP contribution is -2.17. The number of hydrogen-bond donors (Lipinski definition) is 1. The third kappa shape index (κ3) is 4.60. The molecule has 0 saturated carbocycles. The van der Waals surface area contributed by atoms with E-state index in [2.05, 4.69) is 43.2 Å². The van der Waals surface area contributed by atoms with Crippen LogP contribution >= 0.6 is 11.6 Å². The van der Waals surface area contributed by atoms with Crippen molar-refractivity contribution >= 4 is 11.6 Å². The minimum absolute atomic E-state index is 0.776. The molecule has 0 amide bonds. The number of aryl methyl sites for hydroxylation is 1. The highest BCUT2D eigenvalue weighted by Crippen LogP contribution is 2.19. The highest BCUT2D eigenvalue weighted by Gasteiger charge is 2.10. The Morgan fingerprint density at radius 1 is 1.24 bits per heavy atom. The summed E-state index contributed by atoms with van der Waals surface area (Å²) >= 11 is 6.20. The first-order valence-corrected chi connectivity index (χ1v) is 7.68. The van der Waals surface area contributed by atoms with Crippen molar-refractivity contribution in [2.75, 3.05) is 13.6 Å². The van der Waals surface area contributed by atoms with Crippen LogP contribution in [0.4, 0.5) is 0 Å². The van der Waals surface area contributed by atoms with Gasteiger partial charge < -0.3 is 9.73 Å². The van der Waals surface area contributed by atoms with Crippen LogP contribution in [0.1, 0.15) is 29.6 Å². The van der Waals surface area contributed by atoms with Crippen LogP contribution in [0, 0.1) is 6.92 Å². The van der Waals surface area contributed by atoms with Gasteiger partial charge in [-0.3, -0.25) is 4.90 Å². The summed E-state index contributed by atoms with van der Waals surface area (Å²) in [7, 11) is 2.07. The van der Waals surface area contributed by atoms with Gasteiger partial charge in [0.1, 0.15) is 11.5 Å². The zero-order valence-corrected chi connectivity index (χ0v) is 13.7. The standard InChI is InChI=1S/C17H23ClN2O/c1-4-19-10-17-13(2)9-15(21-17)12-20(3)11-14-7-5-6-8-16(14)18/h5-9,19H,4,10-12H2,1-3H3. The molecule has 0 unspecified atom stereocenters. The van der Waals surface area contributed by atoms with Crippen LogP contribution in [-0.2, 0) is 19.6 Å². The van der Waals surface area contributed by atoms with E-state index in [0.717, 1.165) is 48.3 Å². The Hall–Kier alpha value is -1.29. The summed E-state index contributed by atoms with van der Waals surface area (Å²) in [5, 5.41) is 4.11. The fourth-order valence-electron chi connectivity index (χ4n) is 2.32. The Bertz CT molecular complexity index is 580. The fraction of sp³-hybridized carbons (Fsp3) is 0.412. The molecule has 0 spiro atoms. The molecule has 0 aliphatic rings. The van der Waals surface area contributed by atoms with Crippen molar-refractivity contribution < 1.29 is 4.42 Å². The van der Waals surface area contributed by atoms with Gasteiger partial charge >= 0.3 is 0 Å². The lowest BCUT2D eigenvalue weighted by molar-refractivity contribution is 0.282. The maximum atomic E-state index is 6.20. The average molecular weight is 307 g/mol. The maximum Gasteiger partial charge on any atom is 0.120 e. The molecule has 2 rings (SSSR count). The molecule has 1 aromatic heterocycles. The predicted molar refractivity (Wildman–Crippen MR) is 87.4 cm³/mol. The third-order valence-corrected chi connectivity index (χ3v) is 3.80. The molecule has 3 nitrogen and oxygen atoms in total. The van der Waals surface area contributed by atoms with Crippen LogP contribution in [0.3, 0.4) is 0 Å². The zero-order chi connectivity index (χ0) is 15.2. The van der Waals surface area contributed by atoms with Crippen LogP contribution in [-0.4, -0.2) is 18.5 Å². The number of nitrogens with zero attached hydrogens (tertiary/aromatic N) is 1. The number of hydrogen-bond acceptors (Lipinski definition) is 3. The number of halogens is 1. The van der Waals surface area contributed by atoms with Crippen molar-refractivity contribution in [1.82, 2.24) is 10.2 Å². The van der Waals surface area contributed by atoms with Crippen LogP contribution < -0.4 is 5.32 Å². The molecule has 1 heterocycles. The summed E-state index contributed by atoms with van der Waals surface area (Å²) in [6, 6.07) is 10.1. The lowest BCUT2D eigenvalue weighted by Gasteiger charge is -2.16. The fourth-order valence-corrected chi connectivity index (χ4v) is 2.52. The van der Waals surface area contributed by atoms with Crippen LogP contribution in [0.25, 0.3) is 0 Å². The van der Waals surface area contributed by atoms with Gasteiger partial charge in [-0.1, -0.05) is 36.7 Å². The van der Waals surface area contributed by atoms with E-state index in [4.69, 9.17) is 16.0 Å². The molecule has 4 heteroatoms. The second-order valence-corrected chi connectivity index (χ2v) is 5.77. The topological polar surface area (TPSA) is 28.4 Å². The lowest BCUT2D eigenvalue weighted by atomic mass is 10.2. The van der Waals surface area contributed by atoms with E-state index < -0.39 is 0 Å². The summed E-state index contributed by atoms with van der Waals surface area (Å²) < 4.78 is 5.92. The molecule has 0 bridgehead atoms. The van der Waals surface area contributed by atoms with Gasteiger partial charge in [0.05, 0.1) is 13.1 Å². The van der Waals surface area contributed by atoms with E-state index in [-0.39, 0.29) is 0 Å². The van der Waals surface area contributed by atoms with Gasteiger partial charge in [-0.2, -0.15) is 0 Å². The van der Waals surface area contributed by atoms with Crippen molar-refractivity contribution in [3.05, 3.63) is 58.0 Å². The smallest absolute Gasteiger partial charge is 0.120 e. The maximum absolute atomic E-state index is 6.20. The number of nitrogens with one attached hydrogen (secondary N) is 1. The van der Waals surface area contributed by atoms with Gasteiger partial charge in [0.15, 0.2) is 0 Å². The van der Waals surface area contributed by atoms with E-state index in [1.807, 2.05) is 18.2 Å². The van der Waals surface area contributed by atoms with E-state index in [0.29, 0.717) is 0 Å². The average Bonchev–Trinajstić information content (AvgIpc) is 2.79. The summed E-state index contributed by atoms with van der Waals surface area (Å²) in [6.45, 7) is 7.50. The van der Waals surface area contributed by atoms with E-state index >= 15 is 0 Å². The van der Waals surface area contributed by atoms with Gasteiger partial charge in [0, 0.05) is 11.6 Å². The van der Waals surface area contributed by atoms with Gasteiger partial charge in [-0.25, -0.2) is 0 Å². The van der Waals surface area contributed by atoms with Crippen LogP contribution in [0.2, 0.25) is 5.02 Å². The monoisotopic (exact) mass is 306 g/mol. The zero-order valence-electron chi connectivity index (χ0n) is 12.9. The molecule has 21 heavy (non-hydrogen) atoms. The second kappa shape index (κ2) is 7.64. The van der Waals surface area contributed by atoms with E-state index in [1.54, 1.807) is 0 Å². The van der Waals surface area contributed by atoms with Crippen molar-refractivity contribution in [3.8, 4) is 0 Å². The molecule has 0 aliphatic heterocycles. The molecule has 0 atom stereocenters. The van der Waals surface area contributed by atoms with Crippen molar-refractivity contribution in [2.45, 2.75) is 33.5 Å². The Kier molecular flexibility index (Phi) is 5.85. The summed E-state index contributed by atoms with van der Waals surface area (Å²) in [6.07, 6.45) is 0. The SMILES string of the molecule is CCNCc1oc(CN(C)Cc2ccccc2Cl)cc1C. The third-order valence-electron chi connectivity index (χ3n) is 3.43. The molecular weight excluding hydrogens is 284 g/mol. The first-order chi connectivity index (χ1) is 10.1. The molecule has 0 aliphatic carbocycles. The minimum Gasteiger partial charge on any atom is -0.463 e. The Labute approximate surface area is 131 Å². The van der Waals surface area contributed by atoms with Crippen molar-refractivity contribution in [1.29, 1.82) is 0 Å². The Morgan fingerprint density at radius 2 is 2.00 bits per heavy atom. The van der Waals surface area contributed by atoms with Gasteiger partial charge in [0.2, 0.25) is 0 Å². The second-order valence-electron chi connectivity index (χ2n) is 5.36. The Balaban J connectivity index is 1.96. The molecule has 114 valence electrons. The highest BCUT2D eigenvalue weighted by atomic mass is 35.5. The van der Waals surface area contributed by atoms with E-state index in [9.17, 15) is 0 Å². The molecule has 0 saturated heterocycles. The van der Waals surface area contributed by atoms with Gasteiger partial charge in [-0.15, -0.1) is 0 Å². The normalized spacial score (nSPS) is 11.3. The summed E-state index contributed by atoms with van der Waals surface area (Å²) in [4.78, 5) is 2.20. The number of furan rings is 1. The summed E-state index contributed by atoms with van der Waals surface area (Å²) in [5.74, 6) is 2.02.